The van der Waals surface area contributed by atoms with Crippen molar-refractivity contribution in [3.8, 4) is 11.6 Å². The molecular weight excluding hydrogens is 191 g/mol. The highest BCUT2D eigenvalue weighted by molar-refractivity contribution is 7.66. The van der Waals surface area contributed by atoms with Crippen molar-refractivity contribution in [1.82, 2.24) is 10.2 Å². The standard InChI is InChI=1S/C7H11N2O3P/c1-2-3-4-5-13(12,8-6-10)9-7-11/h6-7H,2-3H2,1H3,(H2,8,9,10,11,12). The summed E-state index contributed by atoms with van der Waals surface area (Å²) < 4.78 is 11.4. The highest BCUT2D eigenvalue weighted by Gasteiger charge is 2.15. The van der Waals surface area contributed by atoms with Crippen molar-refractivity contribution >= 4 is 20.3 Å². The number of hydrogen-bond acceptors (Lipinski definition) is 3. The molecule has 0 bridgehead atoms. The van der Waals surface area contributed by atoms with Gasteiger partial charge in [-0.15, -0.1) is 0 Å². The normalized spacial score (nSPS) is 9.31. The fourth-order valence-corrected chi connectivity index (χ4v) is 1.38. The maximum atomic E-state index is 11.4. The summed E-state index contributed by atoms with van der Waals surface area (Å²) in [5, 5.41) is 3.96. The molecule has 0 heterocycles. The van der Waals surface area contributed by atoms with Crippen molar-refractivity contribution in [2.24, 2.45) is 0 Å². The zero-order valence-corrected chi connectivity index (χ0v) is 8.14. The molecule has 0 fully saturated rings. The Morgan fingerprint density at radius 3 is 2.23 bits per heavy atom. The van der Waals surface area contributed by atoms with Gasteiger partial charge in [0.1, 0.15) is 0 Å². The molecule has 0 spiro atoms. The van der Waals surface area contributed by atoms with Gasteiger partial charge < -0.3 is 0 Å². The van der Waals surface area contributed by atoms with Crippen molar-refractivity contribution in [3.05, 3.63) is 0 Å². The summed E-state index contributed by atoms with van der Waals surface area (Å²) in [7, 11) is -3.35. The average Bonchev–Trinajstić information content (AvgIpc) is 2.05. The van der Waals surface area contributed by atoms with Gasteiger partial charge in [-0.3, -0.25) is 24.3 Å². The SMILES string of the molecule is CCCC#CP(=O)(NC=O)NC=O. The lowest BCUT2D eigenvalue weighted by Crippen LogP contribution is -2.18. The Kier molecular flexibility index (Phi) is 5.66. The van der Waals surface area contributed by atoms with Crippen LogP contribution in [0.4, 0.5) is 0 Å². The fraction of sp³-hybridized carbons (Fsp3) is 0.429. The lowest BCUT2D eigenvalue weighted by molar-refractivity contribution is -0.108. The van der Waals surface area contributed by atoms with Crippen LogP contribution in [0.2, 0.25) is 0 Å². The predicted octanol–water partition coefficient (Wildman–Crippen LogP) is 0.432. The number of carbonyl (C=O) groups is 2. The number of amides is 2. The first-order valence-electron chi connectivity index (χ1n) is 3.71. The van der Waals surface area contributed by atoms with E-state index in [1.54, 1.807) is 0 Å². The maximum absolute atomic E-state index is 11.4. The molecule has 0 aromatic carbocycles. The Morgan fingerprint density at radius 1 is 1.31 bits per heavy atom. The Balaban J connectivity index is 4.42. The third-order valence-electron chi connectivity index (χ3n) is 1.08. The van der Waals surface area contributed by atoms with E-state index in [0.717, 1.165) is 6.42 Å². The van der Waals surface area contributed by atoms with Gasteiger partial charge in [0, 0.05) is 12.1 Å². The summed E-state index contributed by atoms with van der Waals surface area (Å²) in [6.45, 7) is 1.92. The molecule has 72 valence electrons. The van der Waals surface area contributed by atoms with Crippen LogP contribution in [0.15, 0.2) is 0 Å². The van der Waals surface area contributed by atoms with Gasteiger partial charge in [-0.1, -0.05) is 12.8 Å². The second-order valence-electron chi connectivity index (χ2n) is 2.14. The fourth-order valence-electron chi connectivity index (χ4n) is 0.542. The highest BCUT2D eigenvalue weighted by Crippen LogP contribution is 2.31. The van der Waals surface area contributed by atoms with E-state index in [1.165, 1.54) is 0 Å². The van der Waals surface area contributed by atoms with Gasteiger partial charge in [-0.25, -0.2) is 0 Å². The molecule has 5 nitrogen and oxygen atoms in total. The molecule has 0 radical (unpaired) electrons. The topological polar surface area (TPSA) is 75.3 Å². The van der Waals surface area contributed by atoms with Gasteiger partial charge in [0.2, 0.25) is 12.8 Å². The lowest BCUT2D eigenvalue weighted by Gasteiger charge is -2.06. The number of rotatable bonds is 5. The van der Waals surface area contributed by atoms with Gasteiger partial charge in [0.25, 0.3) is 0 Å². The molecule has 13 heavy (non-hydrogen) atoms. The van der Waals surface area contributed by atoms with Crippen LogP contribution in [0.1, 0.15) is 19.8 Å². The minimum Gasteiger partial charge on any atom is -0.284 e. The minimum atomic E-state index is -3.35. The van der Waals surface area contributed by atoms with Crippen LogP contribution in [-0.4, -0.2) is 12.8 Å². The monoisotopic (exact) mass is 202 g/mol. The molecule has 2 N–H and O–H groups in total. The van der Waals surface area contributed by atoms with Crippen LogP contribution in [0.5, 0.6) is 0 Å². The smallest absolute Gasteiger partial charge is 0.284 e. The Morgan fingerprint density at radius 2 is 1.85 bits per heavy atom. The first-order chi connectivity index (χ1) is 6.18. The van der Waals surface area contributed by atoms with Crippen LogP contribution < -0.4 is 10.2 Å². The molecule has 0 saturated heterocycles. The zero-order chi connectivity index (χ0) is 10.2. The van der Waals surface area contributed by atoms with E-state index in [9.17, 15) is 14.2 Å². The van der Waals surface area contributed by atoms with Gasteiger partial charge in [0.15, 0.2) is 0 Å². The molecule has 0 aromatic rings. The molecule has 6 heteroatoms. The average molecular weight is 202 g/mol. The van der Waals surface area contributed by atoms with E-state index in [0.29, 0.717) is 6.42 Å². The molecule has 0 atom stereocenters. The van der Waals surface area contributed by atoms with Crippen LogP contribution in [-0.2, 0) is 14.2 Å². The van der Waals surface area contributed by atoms with Crippen molar-refractivity contribution in [2.75, 3.05) is 0 Å². The second-order valence-corrected chi connectivity index (χ2v) is 4.10. The molecule has 0 rings (SSSR count). The molecule has 0 saturated carbocycles. The molecule has 2 amide bonds. The number of unbranched alkanes of at least 4 members (excludes halogenated alkanes) is 1. The van der Waals surface area contributed by atoms with Crippen molar-refractivity contribution in [3.63, 3.8) is 0 Å². The van der Waals surface area contributed by atoms with E-state index in [1.807, 2.05) is 17.1 Å². The van der Waals surface area contributed by atoms with E-state index in [4.69, 9.17) is 0 Å². The van der Waals surface area contributed by atoms with Crippen LogP contribution in [0.3, 0.4) is 0 Å². The maximum Gasteiger partial charge on any atom is 0.334 e. The molecule has 0 aliphatic rings. The first-order valence-corrected chi connectivity index (χ1v) is 5.42. The molecule has 0 aliphatic carbocycles. The van der Waals surface area contributed by atoms with Gasteiger partial charge in [-0.05, 0) is 6.42 Å². The molecule has 0 aromatic heterocycles. The molecular formula is C7H11N2O3P. The number of carbonyl (C=O) groups excluding carboxylic acids is 2. The van der Waals surface area contributed by atoms with Gasteiger partial charge in [0.05, 0.1) is 0 Å². The van der Waals surface area contributed by atoms with E-state index >= 15 is 0 Å². The van der Waals surface area contributed by atoms with Crippen molar-refractivity contribution in [1.29, 1.82) is 0 Å². The van der Waals surface area contributed by atoms with Crippen LogP contribution >= 0.6 is 7.44 Å². The Bertz CT molecular complexity index is 265. The van der Waals surface area contributed by atoms with Crippen molar-refractivity contribution in [2.45, 2.75) is 19.8 Å². The summed E-state index contributed by atoms with van der Waals surface area (Å²) >= 11 is 0. The minimum absolute atomic E-state index is 0.248. The lowest BCUT2D eigenvalue weighted by atomic mass is 10.4. The van der Waals surface area contributed by atoms with Crippen molar-refractivity contribution < 1.29 is 14.2 Å². The molecule has 0 aliphatic heterocycles. The number of hydrogen-bond donors (Lipinski definition) is 2. The number of nitrogens with one attached hydrogen (secondary N) is 2. The third-order valence-corrected chi connectivity index (χ3v) is 2.49. The zero-order valence-electron chi connectivity index (χ0n) is 7.24. The van der Waals surface area contributed by atoms with Gasteiger partial charge in [-0.2, -0.15) is 0 Å². The van der Waals surface area contributed by atoms with E-state index in [-0.39, 0.29) is 12.8 Å². The summed E-state index contributed by atoms with van der Waals surface area (Å²) in [6.07, 6.45) is 1.90. The van der Waals surface area contributed by atoms with Crippen LogP contribution in [0.25, 0.3) is 0 Å². The summed E-state index contributed by atoms with van der Waals surface area (Å²) in [5.41, 5.74) is 2.32. The predicted molar refractivity (Wildman–Crippen MR) is 48.7 cm³/mol. The molecule has 0 unspecified atom stereocenters. The second kappa shape index (κ2) is 6.27. The summed E-state index contributed by atoms with van der Waals surface area (Å²) in [6, 6.07) is 0. The van der Waals surface area contributed by atoms with Crippen LogP contribution in [0, 0.1) is 11.6 Å². The van der Waals surface area contributed by atoms with E-state index in [2.05, 4.69) is 11.6 Å². The Labute approximate surface area is 76.8 Å². The Hall–Kier alpha value is -1.27. The highest BCUT2D eigenvalue weighted by atomic mass is 31.2. The first kappa shape index (κ1) is 11.7. The largest absolute Gasteiger partial charge is 0.334 e. The summed E-state index contributed by atoms with van der Waals surface area (Å²) in [5.74, 6) is 2.59. The quantitative estimate of drug-likeness (QED) is 0.385. The van der Waals surface area contributed by atoms with Gasteiger partial charge >= 0.3 is 7.44 Å². The summed E-state index contributed by atoms with van der Waals surface area (Å²) in [4.78, 5) is 20.0. The third kappa shape index (κ3) is 5.05. The van der Waals surface area contributed by atoms with E-state index < -0.39 is 7.44 Å².